The summed E-state index contributed by atoms with van der Waals surface area (Å²) >= 11 is 6.04. The summed E-state index contributed by atoms with van der Waals surface area (Å²) in [5.74, 6) is -9.27. The summed E-state index contributed by atoms with van der Waals surface area (Å²) in [5.41, 5.74) is -0.125. The number of benzene rings is 3. The van der Waals surface area contributed by atoms with Crippen LogP contribution in [-0.4, -0.2) is 44.9 Å². The van der Waals surface area contributed by atoms with E-state index < -0.39 is 81.7 Å². The molecular weight excluding hydrogens is 631 g/mol. The van der Waals surface area contributed by atoms with Crippen molar-refractivity contribution in [2.24, 2.45) is 29.1 Å². The van der Waals surface area contributed by atoms with E-state index in [1.807, 2.05) is 6.08 Å². The van der Waals surface area contributed by atoms with Crippen LogP contribution in [0.15, 0.2) is 66.2 Å². The molecule has 2 aliphatic carbocycles. The quantitative estimate of drug-likeness (QED) is 0.251. The van der Waals surface area contributed by atoms with Crippen LogP contribution in [0.5, 0.6) is 11.5 Å². The summed E-state index contributed by atoms with van der Waals surface area (Å²) in [7, 11) is 0. The number of imide groups is 2. The third kappa shape index (κ3) is 4.18. The average Bonchev–Trinajstić information content (AvgIpc) is 3.39. The number of phenols is 2. The number of hydrogen-bond donors (Lipinski definition) is 3. The van der Waals surface area contributed by atoms with Crippen LogP contribution in [0.4, 0.5) is 15.8 Å². The van der Waals surface area contributed by atoms with Crippen molar-refractivity contribution in [3.05, 3.63) is 93.8 Å². The van der Waals surface area contributed by atoms with E-state index in [0.717, 1.165) is 28.0 Å². The molecule has 3 N–H and O–H groups in total. The fourth-order valence-corrected chi connectivity index (χ4v) is 8.41. The number of carboxylic acids is 1. The maximum Gasteiger partial charge on any atom is 0.339 e. The van der Waals surface area contributed by atoms with Gasteiger partial charge in [-0.3, -0.25) is 19.2 Å². The van der Waals surface area contributed by atoms with E-state index in [2.05, 4.69) is 0 Å². The van der Waals surface area contributed by atoms with Crippen molar-refractivity contribution in [2.45, 2.75) is 32.6 Å². The van der Waals surface area contributed by atoms with Gasteiger partial charge in [-0.05, 0) is 68.5 Å². The number of allylic oxidation sites excluding steroid dienone is 2. The van der Waals surface area contributed by atoms with Gasteiger partial charge in [-0.2, -0.15) is 0 Å². The minimum Gasteiger partial charge on any atom is -0.507 e. The van der Waals surface area contributed by atoms with Crippen LogP contribution in [0.2, 0.25) is 5.02 Å². The van der Waals surface area contributed by atoms with E-state index in [4.69, 9.17) is 11.6 Å². The lowest BCUT2D eigenvalue weighted by molar-refractivity contribution is -0.131. The Morgan fingerprint density at radius 1 is 0.936 bits per heavy atom. The second kappa shape index (κ2) is 10.5. The van der Waals surface area contributed by atoms with Crippen molar-refractivity contribution >= 4 is 52.6 Å². The molecule has 240 valence electrons. The Balaban J connectivity index is 1.36. The summed E-state index contributed by atoms with van der Waals surface area (Å²) in [4.78, 5) is 70.1. The molecule has 2 heterocycles. The number of aryl methyl sites for hydroxylation is 1. The average molecular weight is 659 g/mol. The van der Waals surface area contributed by atoms with Gasteiger partial charge in [-0.1, -0.05) is 41.4 Å². The number of amides is 4. The molecule has 0 radical (unpaired) electrons. The van der Waals surface area contributed by atoms with Gasteiger partial charge in [-0.15, -0.1) is 0 Å². The lowest BCUT2D eigenvalue weighted by atomic mass is 9.51. The third-order valence-electron chi connectivity index (χ3n) is 10.5. The number of aromatic hydroxyl groups is 2. The van der Waals surface area contributed by atoms with Gasteiger partial charge in [-0.25, -0.2) is 19.0 Å². The molecule has 4 aliphatic rings. The monoisotopic (exact) mass is 658 g/mol. The molecule has 0 bridgehead atoms. The van der Waals surface area contributed by atoms with Crippen LogP contribution in [0.1, 0.15) is 47.2 Å². The maximum atomic E-state index is 14.5. The molecule has 2 saturated heterocycles. The zero-order valence-corrected chi connectivity index (χ0v) is 25.9. The molecule has 2 aliphatic heterocycles. The number of carbonyl (C=O) groups excluding carboxylic acids is 4. The Kier molecular flexibility index (Phi) is 6.84. The van der Waals surface area contributed by atoms with Crippen LogP contribution in [0.3, 0.4) is 0 Å². The molecule has 3 aromatic rings. The summed E-state index contributed by atoms with van der Waals surface area (Å²) in [6.45, 7) is 3.38. The fourth-order valence-electron chi connectivity index (χ4n) is 8.24. The van der Waals surface area contributed by atoms with Gasteiger partial charge in [0, 0.05) is 17.5 Å². The van der Waals surface area contributed by atoms with Crippen LogP contribution in [0, 0.1) is 41.8 Å². The smallest absolute Gasteiger partial charge is 0.339 e. The Morgan fingerprint density at radius 3 is 2.32 bits per heavy atom. The highest BCUT2D eigenvalue weighted by Gasteiger charge is 2.68. The summed E-state index contributed by atoms with van der Waals surface area (Å²) in [6, 6.07) is 12.1. The Morgan fingerprint density at radius 2 is 1.64 bits per heavy atom. The SMILES string of the molecule is Cc1cccc([C@H]2C3=CC[C@@H]4C(=O)N(c5ccc(C(=O)O)c(O)c5)C(=O)[C@@H]4[C@@H]3C[C@H]3C(=O)N(c4ccc(F)c(Cl)c4)C(=O)[C@@]23C)c1O. The van der Waals surface area contributed by atoms with Crippen molar-refractivity contribution in [1.29, 1.82) is 0 Å². The first-order valence-corrected chi connectivity index (χ1v) is 15.4. The van der Waals surface area contributed by atoms with E-state index >= 15 is 0 Å². The van der Waals surface area contributed by atoms with Crippen LogP contribution in [0.25, 0.3) is 0 Å². The van der Waals surface area contributed by atoms with Crippen molar-refractivity contribution in [3.63, 3.8) is 0 Å². The van der Waals surface area contributed by atoms with Gasteiger partial charge in [0.25, 0.3) is 0 Å². The number of nitrogens with zero attached hydrogens (tertiary/aromatic N) is 2. The van der Waals surface area contributed by atoms with Gasteiger partial charge in [0.2, 0.25) is 23.6 Å². The molecule has 3 aromatic carbocycles. The zero-order chi connectivity index (χ0) is 33.7. The molecule has 3 fully saturated rings. The first kappa shape index (κ1) is 30.6. The zero-order valence-electron chi connectivity index (χ0n) is 25.1. The van der Waals surface area contributed by atoms with Crippen molar-refractivity contribution in [2.75, 3.05) is 9.80 Å². The van der Waals surface area contributed by atoms with E-state index in [1.165, 1.54) is 18.2 Å². The summed E-state index contributed by atoms with van der Waals surface area (Å²) in [5, 5.41) is 30.7. The lowest BCUT2D eigenvalue weighted by Gasteiger charge is -2.49. The van der Waals surface area contributed by atoms with Crippen LogP contribution in [-0.2, 0) is 19.2 Å². The van der Waals surface area contributed by atoms with Gasteiger partial charge >= 0.3 is 5.97 Å². The summed E-state index contributed by atoms with van der Waals surface area (Å²) in [6.07, 6.45) is 2.01. The number of anilines is 2. The minimum absolute atomic E-state index is 0.0125. The molecule has 7 rings (SSSR count). The molecule has 6 atom stereocenters. The Labute approximate surface area is 272 Å². The molecular formula is C35H28ClFN2O8. The normalized spacial score (nSPS) is 28.3. The number of phenolic OH excluding ortho intramolecular Hbond substituents is 1. The van der Waals surface area contributed by atoms with Crippen molar-refractivity contribution < 1.29 is 43.7 Å². The van der Waals surface area contributed by atoms with Gasteiger partial charge in [0.15, 0.2) is 0 Å². The van der Waals surface area contributed by atoms with E-state index in [-0.39, 0.29) is 35.0 Å². The number of carboxylic acid groups (broad SMARTS) is 1. The maximum absolute atomic E-state index is 14.5. The highest BCUT2D eigenvalue weighted by molar-refractivity contribution is 6.32. The molecule has 0 aromatic heterocycles. The standard InChI is InChI=1S/C35H28ClFN2O8/c1-15-4-3-5-21(29(15)41)28-18-9-10-20-27(32(44)38(30(20)42)17-6-8-19(33(45)46)26(40)13-17)22(18)14-23-31(43)39(34(47)35(23,28)2)16-7-11-25(37)24(36)12-16/h3-9,11-13,20,22-23,27-28,40-41H,10,14H2,1-2H3,(H,45,46)/t20-,22+,23-,27-,28+,35+/m0/s1. The van der Waals surface area contributed by atoms with Crippen LogP contribution >= 0.6 is 11.6 Å². The summed E-state index contributed by atoms with van der Waals surface area (Å²) < 4.78 is 14.1. The molecule has 0 spiro atoms. The first-order chi connectivity index (χ1) is 22.3. The molecule has 12 heteroatoms. The number of aromatic carboxylic acids is 1. The van der Waals surface area contributed by atoms with Crippen LogP contribution < -0.4 is 9.80 Å². The Hall–Kier alpha value is -5.03. The van der Waals surface area contributed by atoms with E-state index in [0.29, 0.717) is 16.7 Å². The van der Waals surface area contributed by atoms with Crippen molar-refractivity contribution in [1.82, 2.24) is 0 Å². The van der Waals surface area contributed by atoms with Gasteiger partial charge in [0.05, 0.1) is 39.6 Å². The number of hydrogen-bond acceptors (Lipinski definition) is 7. The van der Waals surface area contributed by atoms with E-state index in [9.17, 15) is 43.7 Å². The number of carbonyl (C=O) groups is 5. The molecule has 47 heavy (non-hydrogen) atoms. The number of fused-ring (bicyclic) bond motifs is 4. The fraction of sp³-hybridized carbons (Fsp3) is 0.286. The topological polar surface area (TPSA) is 153 Å². The minimum atomic E-state index is -1.43. The predicted molar refractivity (Wildman–Crippen MR) is 166 cm³/mol. The number of rotatable bonds is 4. The second-order valence-electron chi connectivity index (χ2n) is 12.8. The highest BCUT2D eigenvalue weighted by atomic mass is 35.5. The molecule has 10 nitrogen and oxygen atoms in total. The van der Waals surface area contributed by atoms with Gasteiger partial charge in [0.1, 0.15) is 22.9 Å². The first-order valence-electron chi connectivity index (χ1n) is 15.0. The Bertz CT molecular complexity index is 1990. The van der Waals surface area contributed by atoms with Gasteiger partial charge < -0.3 is 15.3 Å². The predicted octanol–water partition coefficient (Wildman–Crippen LogP) is 5.33. The molecule has 4 amide bonds. The lowest BCUT2D eigenvalue weighted by Crippen LogP contribution is -2.49. The number of halogens is 2. The second-order valence-corrected chi connectivity index (χ2v) is 13.2. The van der Waals surface area contributed by atoms with E-state index in [1.54, 1.807) is 32.0 Å². The molecule has 1 saturated carbocycles. The third-order valence-corrected chi connectivity index (χ3v) is 10.8. The highest BCUT2D eigenvalue weighted by Crippen LogP contribution is 2.64. The van der Waals surface area contributed by atoms with Crippen molar-refractivity contribution in [3.8, 4) is 11.5 Å². The number of para-hydroxylation sites is 1. The molecule has 0 unspecified atom stereocenters. The largest absolute Gasteiger partial charge is 0.507 e.